The van der Waals surface area contributed by atoms with Crippen LogP contribution in [-0.4, -0.2) is 12.5 Å². The number of furan rings is 1. The third-order valence-electron chi connectivity index (χ3n) is 1.75. The summed E-state index contributed by atoms with van der Waals surface area (Å²) >= 11 is 0. The van der Waals surface area contributed by atoms with Gasteiger partial charge < -0.3 is 9.73 Å². The zero-order valence-corrected chi connectivity index (χ0v) is 7.88. The third kappa shape index (κ3) is 3.78. The molecule has 1 N–H and O–H groups in total. The Morgan fingerprint density at radius 3 is 3.08 bits per heavy atom. The Kier molecular flexibility index (Phi) is 4.09. The highest BCUT2D eigenvalue weighted by Gasteiger charge is 1.99. The molecule has 0 bridgehead atoms. The number of hydrogen-bond donors (Lipinski definition) is 1. The molecular weight excluding hydrogens is 166 g/mol. The van der Waals surface area contributed by atoms with Crippen LogP contribution in [-0.2, 0) is 11.2 Å². The lowest BCUT2D eigenvalue weighted by atomic mass is 10.3. The maximum absolute atomic E-state index is 11.0. The minimum atomic E-state index is 0.119. The molecule has 0 fully saturated rings. The summed E-state index contributed by atoms with van der Waals surface area (Å²) < 4.78 is 5.12. The smallest absolute Gasteiger partial charge is 0.219 e. The maximum atomic E-state index is 11.0. The zero-order valence-electron chi connectivity index (χ0n) is 7.88. The minimum Gasteiger partial charge on any atom is -0.469 e. The number of hydrogen-bond acceptors (Lipinski definition) is 2. The molecule has 1 heterocycles. The van der Waals surface area contributed by atoms with Crippen LogP contribution >= 0.6 is 0 Å². The van der Waals surface area contributed by atoms with Gasteiger partial charge in [0.1, 0.15) is 5.76 Å². The van der Waals surface area contributed by atoms with Crippen LogP contribution in [0.2, 0.25) is 0 Å². The SMILES string of the molecule is CCCC(=O)NCCc1ccco1. The van der Waals surface area contributed by atoms with E-state index < -0.39 is 0 Å². The van der Waals surface area contributed by atoms with E-state index in [1.165, 1.54) is 0 Å². The summed E-state index contributed by atoms with van der Waals surface area (Å²) in [6, 6.07) is 3.76. The fourth-order valence-corrected chi connectivity index (χ4v) is 1.10. The van der Waals surface area contributed by atoms with Crippen molar-refractivity contribution in [2.24, 2.45) is 0 Å². The van der Waals surface area contributed by atoms with Crippen molar-refractivity contribution in [1.29, 1.82) is 0 Å². The quantitative estimate of drug-likeness (QED) is 0.751. The topological polar surface area (TPSA) is 42.2 Å². The van der Waals surface area contributed by atoms with Crippen molar-refractivity contribution >= 4 is 5.91 Å². The first-order valence-electron chi connectivity index (χ1n) is 4.62. The molecule has 1 amide bonds. The van der Waals surface area contributed by atoms with E-state index in [0.717, 1.165) is 18.6 Å². The largest absolute Gasteiger partial charge is 0.469 e. The monoisotopic (exact) mass is 181 g/mol. The highest BCUT2D eigenvalue weighted by Crippen LogP contribution is 1.99. The van der Waals surface area contributed by atoms with Gasteiger partial charge in [-0.2, -0.15) is 0 Å². The Morgan fingerprint density at radius 1 is 1.62 bits per heavy atom. The molecule has 0 aliphatic rings. The van der Waals surface area contributed by atoms with E-state index in [2.05, 4.69) is 5.32 Å². The Balaban J connectivity index is 2.11. The zero-order chi connectivity index (χ0) is 9.52. The van der Waals surface area contributed by atoms with E-state index >= 15 is 0 Å². The summed E-state index contributed by atoms with van der Waals surface area (Å²) in [4.78, 5) is 11.0. The van der Waals surface area contributed by atoms with Gasteiger partial charge in [0.25, 0.3) is 0 Å². The minimum absolute atomic E-state index is 0.119. The first-order valence-corrected chi connectivity index (χ1v) is 4.62. The van der Waals surface area contributed by atoms with Crippen LogP contribution in [0.4, 0.5) is 0 Å². The second kappa shape index (κ2) is 5.41. The molecule has 13 heavy (non-hydrogen) atoms. The number of carbonyl (C=O) groups is 1. The third-order valence-corrected chi connectivity index (χ3v) is 1.75. The van der Waals surface area contributed by atoms with Crippen LogP contribution in [0.1, 0.15) is 25.5 Å². The molecule has 1 aromatic rings. The fourth-order valence-electron chi connectivity index (χ4n) is 1.10. The van der Waals surface area contributed by atoms with Gasteiger partial charge in [-0.3, -0.25) is 4.79 Å². The summed E-state index contributed by atoms with van der Waals surface area (Å²) in [6.07, 6.45) is 3.91. The van der Waals surface area contributed by atoms with Crippen LogP contribution in [0, 0.1) is 0 Å². The molecule has 0 spiro atoms. The standard InChI is InChI=1S/C10H15NO2/c1-2-4-10(12)11-7-6-9-5-3-8-13-9/h3,5,8H,2,4,6-7H2,1H3,(H,11,12). The predicted octanol–water partition coefficient (Wildman–Crippen LogP) is 1.74. The lowest BCUT2D eigenvalue weighted by Gasteiger charge is -2.01. The normalized spacial score (nSPS) is 9.92. The lowest BCUT2D eigenvalue weighted by molar-refractivity contribution is -0.121. The average Bonchev–Trinajstić information content (AvgIpc) is 2.57. The molecule has 0 radical (unpaired) electrons. The van der Waals surface area contributed by atoms with Crippen LogP contribution in [0.5, 0.6) is 0 Å². The summed E-state index contributed by atoms with van der Waals surface area (Å²) in [5, 5.41) is 2.82. The number of carbonyl (C=O) groups excluding carboxylic acids is 1. The van der Waals surface area contributed by atoms with E-state index in [9.17, 15) is 4.79 Å². The number of amides is 1. The van der Waals surface area contributed by atoms with E-state index in [1.807, 2.05) is 19.1 Å². The van der Waals surface area contributed by atoms with Gasteiger partial charge in [0.05, 0.1) is 6.26 Å². The molecule has 0 saturated heterocycles. The van der Waals surface area contributed by atoms with Crippen LogP contribution in [0.3, 0.4) is 0 Å². The van der Waals surface area contributed by atoms with Gasteiger partial charge in [-0.05, 0) is 18.6 Å². The van der Waals surface area contributed by atoms with Crippen molar-refractivity contribution < 1.29 is 9.21 Å². The average molecular weight is 181 g/mol. The molecule has 72 valence electrons. The second-order valence-electron chi connectivity index (χ2n) is 2.93. The Labute approximate surface area is 78.1 Å². The summed E-state index contributed by atoms with van der Waals surface area (Å²) in [6.45, 7) is 2.65. The molecule has 1 aromatic heterocycles. The highest BCUT2D eigenvalue weighted by atomic mass is 16.3. The van der Waals surface area contributed by atoms with Crippen molar-refractivity contribution in [2.45, 2.75) is 26.2 Å². The van der Waals surface area contributed by atoms with Gasteiger partial charge in [0, 0.05) is 19.4 Å². The lowest BCUT2D eigenvalue weighted by Crippen LogP contribution is -2.24. The molecule has 3 nitrogen and oxygen atoms in total. The van der Waals surface area contributed by atoms with Gasteiger partial charge in [-0.25, -0.2) is 0 Å². The molecule has 0 aromatic carbocycles. The number of rotatable bonds is 5. The molecule has 0 aliphatic heterocycles. The molecule has 1 rings (SSSR count). The molecule has 3 heteroatoms. The molecule has 0 aliphatic carbocycles. The predicted molar refractivity (Wildman–Crippen MR) is 50.3 cm³/mol. The summed E-state index contributed by atoms with van der Waals surface area (Å²) in [5.74, 6) is 1.03. The van der Waals surface area contributed by atoms with Crippen molar-refractivity contribution in [2.75, 3.05) is 6.54 Å². The van der Waals surface area contributed by atoms with E-state index in [1.54, 1.807) is 6.26 Å². The Morgan fingerprint density at radius 2 is 2.46 bits per heavy atom. The van der Waals surface area contributed by atoms with Gasteiger partial charge in [0.15, 0.2) is 0 Å². The van der Waals surface area contributed by atoms with Gasteiger partial charge in [0.2, 0.25) is 5.91 Å². The highest BCUT2D eigenvalue weighted by molar-refractivity contribution is 5.75. The van der Waals surface area contributed by atoms with Crippen LogP contribution < -0.4 is 5.32 Å². The van der Waals surface area contributed by atoms with Gasteiger partial charge in [-0.15, -0.1) is 0 Å². The first-order chi connectivity index (χ1) is 6.33. The number of nitrogens with one attached hydrogen (secondary N) is 1. The fraction of sp³-hybridized carbons (Fsp3) is 0.500. The summed E-state index contributed by atoms with van der Waals surface area (Å²) in [5.41, 5.74) is 0. The summed E-state index contributed by atoms with van der Waals surface area (Å²) in [7, 11) is 0. The van der Waals surface area contributed by atoms with Crippen molar-refractivity contribution in [1.82, 2.24) is 5.32 Å². The van der Waals surface area contributed by atoms with E-state index in [0.29, 0.717) is 13.0 Å². The molecular formula is C10H15NO2. The van der Waals surface area contributed by atoms with E-state index in [-0.39, 0.29) is 5.91 Å². The molecule has 0 saturated carbocycles. The van der Waals surface area contributed by atoms with Crippen molar-refractivity contribution in [3.8, 4) is 0 Å². The second-order valence-corrected chi connectivity index (χ2v) is 2.93. The van der Waals surface area contributed by atoms with Gasteiger partial charge in [-0.1, -0.05) is 6.92 Å². The first kappa shape index (κ1) is 9.84. The van der Waals surface area contributed by atoms with Crippen LogP contribution in [0.25, 0.3) is 0 Å². The van der Waals surface area contributed by atoms with Gasteiger partial charge >= 0.3 is 0 Å². The Bertz CT molecular complexity index is 241. The molecule has 0 atom stereocenters. The van der Waals surface area contributed by atoms with Crippen molar-refractivity contribution in [3.63, 3.8) is 0 Å². The maximum Gasteiger partial charge on any atom is 0.219 e. The molecule has 0 unspecified atom stereocenters. The Hall–Kier alpha value is -1.25. The van der Waals surface area contributed by atoms with E-state index in [4.69, 9.17) is 4.42 Å². The van der Waals surface area contributed by atoms with Crippen LogP contribution in [0.15, 0.2) is 22.8 Å². The van der Waals surface area contributed by atoms with Crippen molar-refractivity contribution in [3.05, 3.63) is 24.2 Å².